The Bertz CT molecular complexity index is 742. The van der Waals surface area contributed by atoms with Crippen LogP contribution in [0.15, 0.2) is 60.2 Å². The molecule has 21 heavy (non-hydrogen) atoms. The van der Waals surface area contributed by atoms with Crippen molar-refractivity contribution in [3.05, 3.63) is 71.4 Å². The fourth-order valence-electron chi connectivity index (χ4n) is 2.22. The molecule has 0 aliphatic carbocycles. The van der Waals surface area contributed by atoms with E-state index in [2.05, 4.69) is 40.3 Å². The van der Waals surface area contributed by atoms with Crippen LogP contribution in [-0.2, 0) is 0 Å². The molecule has 0 aliphatic heterocycles. The van der Waals surface area contributed by atoms with Crippen molar-refractivity contribution in [1.82, 2.24) is 9.97 Å². The van der Waals surface area contributed by atoms with Crippen LogP contribution in [0.4, 0.5) is 5.82 Å². The van der Waals surface area contributed by atoms with Gasteiger partial charge in [0, 0.05) is 28.9 Å². The third-order valence-corrected chi connectivity index (χ3v) is 4.08. The Labute approximate surface area is 127 Å². The first-order chi connectivity index (χ1) is 10.3. The van der Waals surface area contributed by atoms with Gasteiger partial charge in [-0.2, -0.15) is 0 Å². The smallest absolute Gasteiger partial charge is 0.123 e. The Kier molecular flexibility index (Phi) is 3.79. The van der Waals surface area contributed by atoms with Crippen LogP contribution in [0.2, 0.25) is 0 Å². The lowest BCUT2D eigenvalue weighted by Crippen LogP contribution is -1.93. The van der Waals surface area contributed by atoms with Crippen molar-refractivity contribution in [2.24, 2.45) is 0 Å². The molecule has 3 aromatic rings. The van der Waals surface area contributed by atoms with Crippen LogP contribution in [0.3, 0.4) is 0 Å². The maximum atomic E-state index is 5.64. The van der Waals surface area contributed by atoms with Gasteiger partial charge in [0.15, 0.2) is 0 Å². The number of benzene rings is 1. The van der Waals surface area contributed by atoms with Crippen LogP contribution < -0.4 is 5.73 Å². The van der Waals surface area contributed by atoms with Gasteiger partial charge < -0.3 is 5.73 Å². The normalized spacial score (nSPS) is 11.6. The second kappa shape index (κ2) is 5.89. The maximum absolute atomic E-state index is 5.64. The molecule has 2 heterocycles. The van der Waals surface area contributed by atoms with Crippen molar-refractivity contribution in [3.8, 4) is 10.6 Å². The van der Waals surface area contributed by atoms with Gasteiger partial charge in [0.2, 0.25) is 0 Å². The van der Waals surface area contributed by atoms with Gasteiger partial charge in [0.25, 0.3) is 0 Å². The van der Waals surface area contributed by atoms with Gasteiger partial charge in [0.1, 0.15) is 10.8 Å². The number of anilines is 1. The largest absolute Gasteiger partial charge is 0.384 e. The van der Waals surface area contributed by atoms with Crippen molar-refractivity contribution in [1.29, 1.82) is 0 Å². The molecule has 104 valence electrons. The lowest BCUT2D eigenvalue weighted by atomic mass is 9.98. The molecule has 0 unspecified atom stereocenters. The minimum Gasteiger partial charge on any atom is -0.384 e. The van der Waals surface area contributed by atoms with Crippen LogP contribution in [0.25, 0.3) is 16.1 Å². The van der Waals surface area contributed by atoms with Gasteiger partial charge >= 0.3 is 0 Å². The lowest BCUT2D eigenvalue weighted by Gasteiger charge is -2.08. The third kappa shape index (κ3) is 2.85. The number of hydrogen-bond donors (Lipinski definition) is 1. The predicted molar refractivity (Wildman–Crippen MR) is 89.0 cm³/mol. The summed E-state index contributed by atoms with van der Waals surface area (Å²) in [6.45, 7) is 2.03. The summed E-state index contributed by atoms with van der Waals surface area (Å²) in [4.78, 5) is 8.49. The quantitative estimate of drug-likeness (QED) is 0.786. The molecule has 2 N–H and O–H groups in total. The SMILES string of the molecule is C/C=C(\c1ccc(-c2nccs2)cc1)c1ccc(N)nc1. The first-order valence-corrected chi connectivity index (χ1v) is 7.54. The zero-order valence-electron chi connectivity index (χ0n) is 11.7. The summed E-state index contributed by atoms with van der Waals surface area (Å²) < 4.78 is 0. The van der Waals surface area contributed by atoms with Crippen molar-refractivity contribution in [2.75, 3.05) is 5.73 Å². The Balaban J connectivity index is 1.93. The Morgan fingerprint density at radius 1 is 1.05 bits per heavy atom. The third-order valence-electron chi connectivity index (χ3n) is 3.26. The van der Waals surface area contributed by atoms with E-state index >= 15 is 0 Å². The van der Waals surface area contributed by atoms with Crippen molar-refractivity contribution < 1.29 is 0 Å². The van der Waals surface area contributed by atoms with Crippen molar-refractivity contribution in [3.63, 3.8) is 0 Å². The minimum absolute atomic E-state index is 0.535. The monoisotopic (exact) mass is 293 g/mol. The summed E-state index contributed by atoms with van der Waals surface area (Å²) in [7, 11) is 0. The van der Waals surface area contributed by atoms with Crippen LogP contribution in [0.5, 0.6) is 0 Å². The summed E-state index contributed by atoms with van der Waals surface area (Å²) in [6.07, 6.45) is 5.72. The van der Waals surface area contributed by atoms with E-state index in [1.165, 1.54) is 0 Å². The molecule has 0 radical (unpaired) electrons. The van der Waals surface area contributed by atoms with Crippen molar-refractivity contribution >= 4 is 22.7 Å². The first-order valence-electron chi connectivity index (χ1n) is 6.66. The van der Waals surface area contributed by atoms with E-state index in [-0.39, 0.29) is 0 Å². The molecule has 0 atom stereocenters. The highest BCUT2D eigenvalue weighted by Crippen LogP contribution is 2.27. The highest BCUT2D eigenvalue weighted by molar-refractivity contribution is 7.13. The Morgan fingerprint density at radius 2 is 1.81 bits per heavy atom. The Hall–Kier alpha value is -2.46. The highest BCUT2D eigenvalue weighted by atomic mass is 32.1. The summed E-state index contributed by atoms with van der Waals surface area (Å²) in [5.41, 5.74) is 10.2. The second-order valence-electron chi connectivity index (χ2n) is 4.59. The number of nitrogen functional groups attached to an aromatic ring is 1. The molecule has 0 fully saturated rings. The molecular formula is C17H15N3S. The minimum atomic E-state index is 0.535. The fourth-order valence-corrected chi connectivity index (χ4v) is 2.87. The predicted octanol–water partition coefficient (Wildman–Crippen LogP) is 4.24. The van der Waals surface area contributed by atoms with E-state index in [1.54, 1.807) is 17.5 Å². The number of pyridine rings is 1. The van der Waals surface area contributed by atoms with Crippen LogP contribution in [0, 0.1) is 0 Å². The molecule has 0 saturated carbocycles. The summed E-state index contributed by atoms with van der Waals surface area (Å²) in [5, 5.41) is 3.03. The molecule has 3 rings (SSSR count). The molecule has 3 nitrogen and oxygen atoms in total. The van der Waals surface area contributed by atoms with E-state index in [0.717, 1.165) is 27.3 Å². The molecular weight excluding hydrogens is 278 g/mol. The van der Waals surface area contributed by atoms with Crippen LogP contribution in [-0.4, -0.2) is 9.97 Å². The van der Waals surface area contributed by atoms with E-state index in [4.69, 9.17) is 5.73 Å². The van der Waals surface area contributed by atoms with E-state index in [1.807, 2.05) is 30.6 Å². The number of nitrogens with two attached hydrogens (primary N) is 1. The van der Waals surface area contributed by atoms with Crippen LogP contribution >= 0.6 is 11.3 Å². The van der Waals surface area contributed by atoms with Gasteiger partial charge in [-0.1, -0.05) is 30.3 Å². The van der Waals surface area contributed by atoms with Gasteiger partial charge in [-0.05, 0) is 30.2 Å². The molecule has 0 saturated heterocycles. The van der Waals surface area contributed by atoms with Gasteiger partial charge in [-0.25, -0.2) is 9.97 Å². The maximum Gasteiger partial charge on any atom is 0.123 e. The van der Waals surface area contributed by atoms with Gasteiger partial charge in [-0.3, -0.25) is 0 Å². The number of allylic oxidation sites excluding steroid dienone is 1. The summed E-state index contributed by atoms with van der Waals surface area (Å²) >= 11 is 1.64. The fraction of sp³-hybridized carbons (Fsp3) is 0.0588. The second-order valence-corrected chi connectivity index (χ2v) is 5.48. The first kappa shape index (κ1) is 13.5. The Morgan fingerprint density at radius 3 is 2.38 bits per heavy atom. The van der Waals surface area contributed by atoms with Gasteiger partial charge in [0.05, 0.1) is 0 Å². The topological polar surface area (TPSA) is 51.8 Å². The number of nitrogens with zero attached hydrogens (tertiary/aromatic N) is 2. The zero-order chi connectivity index (χ0) is 14.7. The van der Waals surface area contributed by atoms with Crippen molar-refractivity contribution in [2.45, 2.75) is 6.92 Å². The lowest BCUT2D eigenvalue weighted by molar-refractivity contribution is 1.31. The number of hydrogen-bond acceptors (Lipinski definition) is 4. The average molecular weight is 293 g/mol. The molecule has 2 aromatic heterocycles. The zero-order valence-corrected chi connectivity index (χ0v) is 12.5. The molecule has 0 amide bonds. The van der Waals surface area contributed by atoms with E-state index in [9.17, 15) is 0 Å². The van der Waals surface area contributed by atoms with E-state index < -0.39 is 0 Å². The summed E-state index contributed by atoms with van der Waals surface area (Å²) in [6, 6.07) is 12.2. The molecule has 4 heteroatoms. The number of thiazole rings is 1. The summed E-state index contributed by atoms with van der Waals surface area (Å²) in [5.74, 6) is 0.535. The number of rotatable bonds is 3. The molecule has 0 aliphatic rings. The molecule has 1 aromatic carbocycles. The standard InChI is InChI=1S/C17H15N3S/c1-2-15(14-7-8-16(18)20-11-14)12-3-5-13(6-4-12)17-19-9-10-21-17/h2-11H,1H3,(H2,18,20)/b15-2+. The van der Waals surface area contributed by atoms with Crippen LogP contribution in [0.1, 0.15) is 18.1 Å². The number of aromatic nitrogens is 2. The molecule has 0 bridgehead atoms. The highest BCUT2D eigenvalue weighted by Gasteiger charge is 2.06. The molecule has 0 spiro atoms. The van der Waals surface area contributed by atoms with E-state index in [0.29, 0.717) is 5.82 Å². The van der Waals surface area contributed by atoms with Gasteiger partial charge in [-0.15, -0.1) is 11.3 Å². The average Bonchev–Trinajstić information content (AvgIpc) is 3.05.